The van der Waals surface area contributed by atoms with Crippen LogP contribution in [0.3, 0.4) is 0 Å². The van der Waals surface area contributed by atoms with Crippen molar-refractivity contribution in [3.8, 4) is 0 Å². The van der Waals surface area contributed by atoms with Crippen molar-refractivity contribution >= 4 is 17.6 Å². The summed E-state index contributed by atoms with van der Waals surface area (Å²) >= 11 is 0. The number of amides is 1. The van der Waals surface area contributed by atoms with Crippen LogP contribution in [-0.2, 0) is 0 Å². The molecule has 0 spiro atoms. The fourth-order valence-electron chi connectivity index (χ4n) is 3.49. The molecule has 1 aliphatic heterocycles. The third kappa shape index (κ3) is 2.91. The number of carboxylic acid groups (broad SMARTS) is 1. The van der Waals surface area contributed by atoms with Crippen LogP contribution in [0.25, 0.3) is 0 Å². The number of carboxylic acids is 1. The Kier molecular flexibility index (Phi) is 4.02. The average Bonchev–Trinajstić information content (AvgIpc) is 2.93. The van der Waals surface area contributed by atoms with Crippen LogP contribution in [0, 0.1) is 16.0 Å². The van der Waals surface area contributed by atoms with Gasteiger partial charge < -0.3 is 10.0 Å². The molecule has 1 heterocycles. The standard InChI is InChI=1S/C16H18N2O5/c19-15(17-6-2-5-14(17)10-3-1-4-10)11-7-12(16(20)21)9-13(8-11)18(22)23/h7-10,14H,1-6H2,(H,20,21). The summed E-state index contributed by atoms with van der Waals surface area (Å²) in [6.07, 6.45) is 5.29. The Morgan fingerprint density at radius 1 is 1.13 bits per heavy atom. The van der Waals surface area contributed by atoms with Gasteiger partial charge >= 0.3 is 5.97 Å². The minimum absolute atomic E-state index is 0.0859. The second-order valence-corrected chi connectivity index (χ2v) is 6.23. The van der Waals surface area contributed by atoms with E-state index in [0.29, 0.717) is 12.5 Å². The molecule has 23 heavy (non-hydrogen) atoms. The zero-order valence-corrected chi connectivity index (χ0v) is 12.6. The Hall–Kier alpha value is -2.44. The Morgan fingerprint density at radius 3 is 2.39 bits per heavy atom. The highest BCUT2D eigenvalue weighted by Crippen LogP contribution is 2.37. The zero-order chi connectivity index (χ0) is 16.6. The van der Waals surface area contributed by atoms with Gasteiger partial charge in [-0.3, -0.25) is 14.9 Å². The Bertz CT molecular complexity index is 636. The van der Waals surface area contributed by atoms with Gasteiger partial charge in [0.05, 0.1) is 10.5 Å². The summed E-state index contributed by atoms with van der Waals surface area (Å²) in [6, 6.07) is 3.56. The van der Waals surface area contributed by atoms with Crippen LogP contribution in [0.2, 0.25) is 0 Å². The molecule has 1 saturated carbocycles. The third-order valence-corrected chi connectivity index (χ3v) is 4.88. The van der Waals surface area contributed by atoms with Gasteiger partial charge in [-0.2, -0.15) is 0 Å². The molecule has 0 aromatic heterocycles. The number of non-ortho nitro benzene ring substituents is 1. The van der Waals surface area contributed by atoms with Gasteiger partial charge in [-0.05, 0) is 37.7 Å². The summed E-state index contributed by atoms with van der Waals surface area (Å²) in [5, 5.41) is 20.1. The predicted molar refractivity (Wildman–Crippen MR) is 81.5 cm³/mol. The molecule has 2 aliphatic rings. The molecule has 1 atom stereocenters. The van der Waals surface area contributed by atoms with Crippen LogP contribution in [0.4, 0.5) is 5.69 Å². The van der Waals surface area contributed by atoms with E-state index < -0.39 is 10.9 Å². The minimum atomic E-state index is -1.28. The lowest BCUT2D eigenvalue weighted by molar-refractivity contribution is -0.384. The van der Waals surface area contributed by atoms with Crippen LogP contribution in [-0.4, -0.2) is 39.4 Å². The van der Waals surface area contributed by atoms with E-state index >= 15 is 0 Å². The fraction of sp³-hybridized carbons (Fsp3) is 0.500. The highest BCUT2D eigenvalue weighted by Gasteiger charge is 2.38. The highest BCUT2D eigenvalue weighted by atomic mass is 16.6. The molecular weight excluding hydrogens is 300 g/mol. The molecule has 1 aromatic rings. The monoisotopic (exact) mass is 318 g/mol. The largest absolute Gasteiger partial charge is 0.478 e. The summed E-state index contributed by atoms with van der Waals surface area (Å²) < 4.78 is 0. The van der Waals surface area contributed by atoms with E-state index in [2.05, 4.69) is 0 Å². The quantitative estimate of drug-likeness (QED) is 0.679. The van der Waals surface area contributed by atoms with E-state index in [9.17, 15) is 19.7 Å². The molecule has 7 nitrogen and oxygen atoms in total. The van der Waals surface area contributed by atoms with Crippen LogP contribution >= 0.6 is 0 Å². The summed E-state index contributed by atoms with van der Waals surface area (Å²) in [4.78, 5) is 36.0. The third-order valence-electron chi connectivity index (χ3n) is 4.88. The minimum Gasteiger partial charge on any atom is -0.478 e. The van der Waals surface area contributed by atoms with Crippen molar-refractivity contribution in [3.63, 3.8) is 0 Å². The van der Waals surface area contributed by atoms with Crippen molar-refractivity contribution in [2.75, 3.05) is 6.54 Å². The van der Waals surface area contributed by atoms with E-state index in [1.165, 1.54) is 18.6 Å². The highest BCUT2D eigenvalue weighted by molar-refractivity contribution is 5.98. The molecular formula is C16H18N2O5. The Balaban J connectivity index is 1.91. The van der Waals surface area contributed by atoms with Gasteiger partial charge in [0.2, 0.25) is 0 Å². The molecule has 0 bridgehead atoms. The van der Waals surface area contributed by atoms with Crippen LogP contribution < -0.4 is 0 Å². The summed E-state index contributed by atoms with van der Waals surface area (Å²) in [5.41, 5.74) is -0.516. The summed E-state index contributed by atoms with van der Waals surface area (Å²) in [5.74, 6) is -1.07. The van der Waals surface area contributed by atoms with Crippen LogP contribution in [0.15, 0.2) is 18.2 Å². The molecule has 1 unspecified atom stereocenters. The number of carbonyl (C=O) groups is 2. The van der Waals surface area contributed by atoms with Gasteiger partial charge in [-0.15, -0.1) is 0 Å². The number of hydrogen-bond acceptors (Lipinski definition) is 4. The fourth-order valence-corrected chi connectivity index (χ4v) is 3.49. The first-order chi connectivity index (χ1) is 11.0. The maximum Gasteiger partial charge on any atom is 0.335 e. The van der Waals surface area contributed by atoms with Crippen molar-refractivity contribution in [3.05, 3.63) is 39.4 Å². The maximum atomic E-state index is 12.8. The van der Waals surface area contributed by atoms with Gasteiger partial charge in [0.15, 0.2) is 0 Å². The van der Waals surface area contributed by atoms with E-state index in [1.807, 2.05) is 0 Å². The summed E-state index contributed by atoms with van der Waals surface area (Å²) in [6.45, 7) is 0.630. The van der Waals surface area contributed by atoms with Gasteiger partial charge in [0.25, 0.3) is 11.6 Å². The number of nitro benzene ring substituents is 1. The van der Waals surface area contributed by atoms with Crippen molar-refractivity contribution in [2.24, 2.45) is 5.92 Å². The van der Waals surface area contributed by atoms with Crippen molar-refractivity contribution in [1.82, 2.24) is 4.90 Å². The number of carbonyl (C=O) groups excluding carboxylic acids is 1. The molecule has 1 aliphatic carbocycles. The van der Waals surface area contributed by atoms with E-state index in [0.717, 1.165) is 31.7 Å². The van der Waals surface area contributed by atoms with Crippen molar-refractivity contribution < 1.29 is 19.6 Å². The average molecular weight is 318 g/mol. The first-order valence-electron chi connectivity index (χ1n) is 7.81. The normalized spacial score (nSPS) is 21.0. The first-order valence-corrected chi connectivity index (χ1v) is 7.81. The molecule has 1 saturated heterocycles. The molecule has 2 fully saturated rings. The van der Waals surface area contributed by atoms with Crippen LogP contribution in [0.5, 0.6) is 0 Å². The molecule has 3 rings (SSSR count). The maximum absolute atomic E-state index is 12.8. The molecule has 1 aromatic carbocycles. The number of likely N-dealkylation sites (tertiary alicyclic amines) is 1. The van der Waals surface area contributed by atoms with Gasteiger partial charge in [0, 0.05) is 30.3 Å². The number of rotatable bonds is 4. The lowest BCUT2D eigenvalue weighted by Crippen LogP contribution is -2.42. The van der Waals surface area contributed by atoms with Gasteiger partial charge in [-0.25, -0.2) is 4.79 Å². The van der Waals surface area contributed by atoms with Crippen LogP contribution in [0.1, 0.15) is 52.8 Å². The number of nitro groups is 1. The molecule has 7 heteroatoms. The Labute approximate surface area is 133 Å². The lowest BCUT2D eigenvalue weighted by Gasteiger charge is -2.37. The number of aromatic carboxylic acids is 1. The predicted octanol–water partition coefficient (Wildman–Crippen LogP) is 2.70. The molecule has 1 amide bonds. The zero-order valence-electron chi connectivity index (χ0n) is 12.6. The molecule has 0 radical (unpaired) electrons. The number of nitrogens with zero attached hydrogens (tertiary/aromatic N) is 2. The Morgan fingerprint density at radius 2 is 1.83 bits per heavy atom. The SMILES string of the molecule is O=C(O)c1cc(C(=O)N2CCCC2C2CCC2)cc([N+](=O)[O-])c1. The van der Waals surface area contributed by atoms with Gasteiger partial charge in [0.1, 0.15) is 0 Å². The second-order valence-electron chi connectivity index (χ2n) is 6.23. The number of benzene rings is 1. The molecule has 1 N–H and O–H groups in total. The summed E-state index contributed by atoms with van der Waals surface area (Å²) in [7, 11) is 0. The number of hydrogen-bond donors (Lipinski definition) is 1. The van der Waals surface area contributed by atoms with Crippen molar-refractivity contribution in [1.29, 1.82) is 0 Å². The lowest BCUT2D eigenvalue weighted by atomic mass is 9.78. The smallest absolute Gasteiger partial charge is 0.335 e. The van der Waals surface area contributed by atoms with E-state index in [-0.39, 0.29) is 28.8 Å². The second kappa shape index (κ2) is 5.98. The molecule has 122 valence electrons. The van der Waals surface area contributed by atoms with E-state index in [1.54, 1.807) is 4.90 Å². The first kappa shape index (κ1) is 15.5. The van der Waals surface area contributed by atoms with Gasteiger partial charge in [-0.1, -0.05) is 6.42 Å². The van der Waals surface area contributed by atoms with Crippen molar-refractivity contribution in [2.45, 2.75) is 38.1 Å². The topological polar surface area (TPSA) is 101 Å². The van der Waals surface area contributed by atoms with E-state index in [4.69, 9.17) is 5.11 Å².